The van der Waals surface area contributed by atoms with Crippen molar-refractivity contribution in [3.63, 3.8) is 0 Å². The number of benzene rings is 1. The Kier molecular flexibility index (Phi) is 1.96. The zero-order chi connectivity index (χ0) is 8.55. The fourth-order valence-electron chi connectivity index (χ4n) is 1.04. The van der Waals surface area contributed by atoms with Gasteiger partial charge in [-0.2, -0.15) is 0 Å². The molecular weight excluding hydrogens is 263 g/mol. The summed E-state index contributed by atoms with van der Waals surface area (Å²) in [5.74, 6) is 0. The molecule has 0 unspecified atom stereocenters. The van der Waals surface area contributed by atoms with E-state index in [1.807, 2.05) is 19.1 Å². The van der Waals surface area contributed by atoms with E-state index in [2.05, 4.69) is 38.6 Å². The lowest BCUT2D eigenvalue weighted by molar-refractivity contribution is 1.18. The Morgan fingerprint density at radius 1 is 1.42 bits per heavy atom. The minimum atomic E-state index is 0.918. The smallest absolute Gasteiger partial charge is 0.102 e. The Morgan fingerprint density at radius 2 is 2.25 bits per heavy atom. The molecule has 0 bridgehead atoms. The van der Waals surface area contributed by atoms with Crippen LogP contribution in [0, 0.1) is 16.6 Å². The molecule has 0 amide bonds. The van der Waals surface area contributed by atoms with Gasteiger partial charge in [-0.05, 0) is 47.7 Å². The van der Waals surface area contributed by atoms with E-state index < -0.39 is 0 Å². The number of aromatic nitrogens is 2. The molecule has 12 heavy (non-hydrogen) atoms. The van der Waals surface area contributed by atoms with Crippen molar-refractivity contribution in [2.45, 2.75) is 6.92 Å². The minimum absolute atomic E-state index is 0.918. The van der Waals surface area contributed by atoms with Gasteiger partial charge in [-0.25, -0.2) is 4.98 Å². The van der Waals surface area contributed by atoms with Crippen molar-refractivity contribution in [3.8, 4) is 0 Å². The van der Waals surface area contributed by atoms with Crippen molar-refractivity contribution in [3.05, 3.63) is 33.7 Å². The molecule has 0 aliphatic carbocycles. The van der Waals surface area contributed by atoms with E-state index in [1.165, 1.54) is 0 Å². The van der Waals surface area contributed by atoms with Gasteiger partial charge in [-0.3, -0.25) is 4.98 Å². The Labute approximate surface area is 84.2 Å². The summed E-state index contributed by atoms with van der Waals surface area (Å²) < 4.78 is 1.10. The predicted molar refractivity (Wildman–Crippen MR) is 55.8 cm³/mol. The molecule has 2 rings (SSSR count). The molecule has 59 valence electrons. The first-order valence-electron chi connectivity index (χ1n) is 3.56. The molecule has 1 aromatic heterocycles. The van der Waals surface area contributed by atoms with E-state index in [0.717, 1.165) is 20.3 Å². The van der Waals surface area contributed by atoms with Crippen LogP contribution in [-0.4, -0.2) is 9.97 Å². The molecule has 1 radical (unpaired) electrons. The molecule has 1 aromatic carbocycles. The third kappa shape index (κ3) is 1.29. The fraction of sp³-hybridized carbons (Fsp3) is 0.111. The summed E-state index contributed by atoms with van der Waals surface area (Å²) >= 11 is 2.24. The second kappa shape index (κ2) is 2.97. The third-order valence-electron chi connectivity index (χ3n) is 1.58. The number of nitrogens with zero attached hydrogens (tertiary/aromatic N) is 2. The lowest BCUT2D eigenvalue weighted by Gasteiger charge is -1.98. The SMILES string of the molecule is Cc1cnc2c(I)c[c]cc2n1. The van der Waals surface area contributed by atoms with Crippen LogP contribution in [0.5, 0.6) is 0 Å². The summed E-state index contributed by atoms with van der Waals surface area (Å²) in [5.41, 5.74) is 2.82. The molecule has 0 spiro atoms. The highest BCUT2D eigenvalue weighted by atomic mass is 127. The zero-order valence-electron chi connectivity index (χ0n) is 6.50. The highest BCUT2D eigenvalue weighted by Crippen LogP contribution is 2.15. The number of aryl methyl sites for hydroxylation is 1. The zero-order valence-corrected chi connectivity index (χ0v) is 8.66. The number of halogens is 1. The van der Waals surface area contributed by atoms with Crippen LogP contribution in [0.15, 0.2) is 18.3 Å². The van der Waals surface area contributed by atoms with Crippen molar-refractivity contribution < 1.29 is 0 Å². The Balaban J connectivity index is 2.86. The van der Waals surface area contributed by atoms with Crippen molar-refractivity contribution >= 4 is 33.6 Å². The first kappa shape index (κ1) is 7.91. The summed E-state index contributed by atoms with van der Waals surface area (Å²) in [6, 6.07) is 6.79. The van der Waals surface area contributed by atoms with Gasteiger partial charge in [-0.1, -0.05) is 0 Å². The van der Waals surface area contributed by atoms with Crippen LogP contribution in [0.2, 0.25) is 0 Å². The summed E-state index contributed by atoms with van der Waals surface area (Å²) in [5, 5.41) is 0. The van der Waals surface area contributed by atoms with Crippen LogP contribution in [0.3, 0.4) is 0 Å². The second-order valence-electron chi connectivity index (χ2n) is 2.55. The maximum atomic E-state index is 4.34. The van der Waals surface area contributed by atoms with E-state index in [1.54, 1.807) is 6.20 Å². The Bertz CT molecular complexity index is 426. The topological polar surface area (TPSA) is 25.8 Å². The van der Waals surface area contributed by atoms with Gasteiger partial charge in [0.05, 0.1) is 11.2 Å². The Hall–Kier alpha value is -0.710. The quantitative estimate of drug-likeness (QED) is 0.686. The average molecular weight is 269 g/mol. The number of hydrogen-bond donors (Lipinski definition) is 0. The van der Waals surface area contributed by atoms with Gasteiger partial charge in [-0.15, -0.1) is 0 Å². The van der Waals surface area contributed by atoms with E-state index in [-0.39, 0.29) is 0 Å². The van der Waals surface area contributed by atoms with Gasteiger partial charge in [0.2, 0.25) is 0 Å². The van der Waals surface area contributed by atoms with Crippen molar-refractivity contribution in [2.24, 2.45) is 0 Å². The van der Waals surface area contributed by atoms with Crippen LogP contribution < -0.4 is 0 Å². The standard InChI is InChI=1S/C9H6IN2/c1-6-5-11-9-7(10)3-2-4-8(9)12-6/h3-5H,1H3. The molecular formula is C9H6IN2. The van der Waals surface area contributed by atoms with Gasteiger partial charge in [0.1, 0.15) is 5.52 Å². The van der Waals surface area contributed by atoms with Gasteiger partial charge in [0, 0.05) is 9.77 Å². The van der Waals surface area contributed by atoms with Gasteiger partial charge in [0.15, 0.2) is 0 Å². The van der Waals surface area contributed by atoms with Gasteiger partial charge in [0.25, 0.3) is 0 Å². The summed E-state index contributed by atoms with van der Waals surface area (Å²) in [7, 11) is 0. The Morgan fingerprint density at radius 3 is 3.08 bits per heavy atom. The molecule has 0 aliphatic heterocycles. The molecule has 3 heteroatoms. The highest BCUT2D eigenvalue weighted by Gasteiger charge is 1.99. The second-order valence-corrected chi connectivity index (χ2v) is 3.71. The molecule has 0 N–H and O–H groups in total. The van der Waals surface area contributed by atoms with Crippen LogP contribution in [0.1, 0.15) is 5.69 Å². The number of fused-ring (bicyclic) bond motifs is 1. The number of rotatable bonds is 0. The summed E-state index contributed by atoms with van der Waals surface area (Å²) in [6.45, 7) is 1.94. The summed E-state index contributed by atoms with van der Waals surface area (Å²) in [4.78, 5) is 8.63. The minimum Gasteiger partial charge on any atom is -0.252 e. The maximum absolute atomic E-state index is 4.34. The molecule has 0 saturated heterocycles. The van der Waals surface area contributed by atoms with Crippen molar-refractivity contribution in [1.29, 1.82) is 0 Å². The first-order chi connectivity index (χ1) is 5.77. The average Bonchev–Trinajstić information content (AvgIpc) is 2.04. The summed E-state index contributed by atoms with van der Waals surface area (Å²) in [6.07, 6.45) is 1.78. The van der Waals surface area contributed by atoms with Gasteiger partial charge >= 0.3 is 0 Å². The van der Waals surface area contributed by atoms with E-state index in [9.17, 15) is 0 Å². The van der Waals surface area contributed by atoms with Crippen LogP contribution in [0.4, 0.5) is 0 Å². The van der Waals surface area contributed by atoms with Crippen molar-refractivity contribution in [1.82, 2.24) is 9.97 Å². The van der Waals surface area contributed by atoms with E-state index in [0.29, 0.717) is 0 Å². The molecule has 1 heterocycles. The lowest BCUT2D eigenvalue weighted by Crippen LogP contribution is -1.88. The first-order valence-corrected chi connectivity index (χ1v) is 4.64. The number of hydrogen-bond acceptors (Lipinski definition) is 2. The third-order valence-corrected chi connectivity index (χ3v) is 2.40. The van der Waals surface area contributed by atoms with Crippen LogP contribution in [-0.2, 0) is 0 Å². The molecule has 0 saturated carbocycles. The molecule has 2 nitrogen and oxygen atoms in total. The molecule has 0 atom stereocenters. The van der Waals surface area contributed by atoms with E-state index in [4.69, 9.17) is 0 Å². The lowest BCUT2D eigenvalue weighted by atomic mass is 10.3. The molecule has 2 aromatic rings. The van der Waals surface area contributed by atoms with Crippen LogP contribution in [0.25, 0.3) is 11.0 Å². The molecule has 0 fully saturated rings. The molecule has 0 aliphatic rings. The van der Waals surface area contributed by atoms with Crippen molar-refractivity contribution in [2.75, 3.05) is 0 Å². The highest BCUT2D eigenvalue weighted by molar-refractivity contribution is 14.1. The van der Waals surface area contributed by atoms with Crippen LogP contribution >= 0.6 is 22.6 Å². The largest absolute Gasteiger partial charge is 0.252 e. The van der Waals surface area contributed by atoms with Gasteiger partial charge < -0.3 is 0 Å². The van der Waals surface area contributed by atoms with E-state index >= 15 is 0 Å². The normalized spacial score (nSPS) is 10.5. The predicted octanol–water partition coefficient (Wildman–Crippen LogP) is 2.34. The fourth-order valence-corrected chi connectivity index (χ4v) is 1.64. The maximum Gasteiger partial charge on any atom is 0.102 e. The monoisotopic (exact) mass is 269 g/mol.